The number of hydrogen-bond acceptors (Lipinski definition) is 8. The Balaban J connectivity index is 2.39. The topological polar surface area (TPSA) is 152 Å². The van der Waals surface area contributed by atoms with Crippen LogP contribution in [0.15, 0.2) is 33.7 Å². The SMILES string of the molecule is O=c1c(-c2cc(O)c(O)cc2O)coc2cc(O)c(O)c(O)c12. The molecule has 0 bridgehead atoms. The van der Waals surface area contributed by atoms with Gasteiger partial charge in [0, 0.05) is 17.7 Å². The lowest BCUT2D eigenvalue weighted by Crippen LogP contribution is -2.05. The minimum atomic E-state index is -0.889. The van der Waals surface area contributed by atoms with Crippen LogP contribution in [0.25, 0.3) is 22.1 Å². The van der Waals surface area contributed by atoms with Gasteiger partial charge >= 0.3 is 0 Å². The highest BCUT2D eigenvalue weighted by atomic mass is 16.3. The molecule has 0 fully saturated rings. The zero-order valence-electron chi connectivity index (χ0n) is 11.3. The first-order valence-electron chi connectivity index (χ1n) is 6.26. The molecule has 118 valence electrons. The molecule has 0 atom stereocenters. The third kappa shape index (κ3) is 2.04. The molecule has 0 saturated heterocycles. The number of phenols is 6. The van der Waals surface area contributed by atoms with Crippen molar-refractivity contribution in [2.24, 2.45) is 0 Å². The molecule has 0 aliphatic rings. The number of benzene rings is 2. The smallest absolute Gasteiger partial charge is 0.204 e. The summed E-state index contributed by atoms with van der Waals surface area (Å²) < 4.78 is 5.13. The molecule has 1 aromatic heterocycles. The van der Waals surface area contributed by atoms with E-state index in [1.807, 2.05) is 0 Å². The molecular weight excluding hydrogens is 308 g/mol. The van der Waals surface area contributed by atoms with Crippen LogP contribution >= 0.6 is 0 Å². The van der Waals surface area contributed by atoms with Gasteiger partial charge in [-0.15, -0.1) is 0 Å². The predicted molar refractivity (Wildman–Crippen MR) is 77.9 cm³/mol. The molecule has 8 heteroatoms. The summed E-state index contributed by atoms with van der Waals surface area (Å²) in [6.07, 6.45) is 0.951. The van der Waals surface area contributed by atoms with Gasteiger partial charge in [0.25, 0.3) is 0 Å². The van der Waals surface area contributed by atoms with Crippen LogP contribution in [-0.2, 0) is 0 Å². The molecule has 0 aliphatic heterocycles. The van der Waals surface area contributed by atoms with Crippen molar-refractivity contribution in [2.75, 3.05) is 0 Å². The Kier molecular flexibility index (Phi) is 2.96. The summed E-state index contributed by atoms with van der Waals surface area (Å²) >= 11 is 0. The summed E-state index contributed by atoms with van der Waals surface area (Å²) in [5, 5.41) is 57.0. The van der Waals surface area contributed by atoms with E-state index in [9.17, 15) is 35.4 Å². The van der Waals surface area contributed by atoms with Crippen molar-refractivity contribution in [2.45, 2.75) is 0 Å². The van der Waals surface area contributed by atoms with Gasteiger partial charge in [0.1, 0.15) is 23.0 Å². The zero-order chi connectivity index (χ0) is 16.9. The average molecular weight is 318 g/mol. The van der Waals surface area contributed by atoms with Gasteiger partial charge in [0.15, 0.2) is 23.0 Å². The highest BCUT2D eigenvalue weighted by molar-refractivity contribution is 5.91. The minimum Gasteiger partial charge on any atom is -0.507 e. The monoisotopic (exact) mass is 318 g/mol. The van der Waals surface area contributed by atoms with Crippen LogP contribution in [0.3, 0.4) is 0 Å². The molecule has 3 rings (SSSR count). The fraction of sp³-hybridized carbons (Fsp3) is 0. The van der Waals surface area contributed by atoms with Gasteiger partial charge in [-0.25, -0.2) is 0 Å². The molecule has 8 nitrogen and oxygen atoms in total. The van der Waals surface area contributed by atoms with Gasteiger partial charge < -0.3 is 35.1 Å². The molecule has 1 heterocycles. The van der Waals surface area contributed by atoms with Crippen molar-refractivity contribution in [1.29, 1.82) is 0 Å². The van der Waals surface area contributed by atoms with Crippen LogP contribution in [0.2, 0.25) is 0 Å². The molecule has 0 amide bonds. The summed E-state index contributed by atoms with van der Waals surface area (Å²) in [5.41, 5.74) is -1.39. The van der Waals surface area contributed by atoms with Crippen LogP contribution in [0, 0.1) is 0 Å². The molecule has 0 radical (unpaired) electrons. The maximum absolute atomic E-state index is 12.5. The van der Waals surface area contributed by atoms with E-state index in [1.54, 1.807) is 0 Å². The molecule has 23 heavy (non-hydrogen) atoms. The molecule has 2 aromatic carbocycles. The first kappa shape index (κ1) is 14.4. The Bertz CT molecular complexity index is 1000. The van der Waals surface area contributed by atoms with Crippen LogP contribution in [0.4, 0.5) is 0 Å². The molecule has 0 unspecified atom stereocenters. The van der Waals surface area contributed by atoms with Gasteiger partial charge in [-0.3, -0.25) is 4.79 Å². The Hall–Kier alpha value is -3.55. The fourth-order valence-electron chi connectivity index (χ4n) is 2.21. The summed E-state index contributed by atoms with van der Waals surface area (Å²) in [5.74, 6) is -4.10. The van der Waals surface area contributed by atoms with Crippen molar-refractivity contribution in [3.05, 3.63) is 34.7 Å². The van der Waals surface area contributed by atoms with Gasteiger partial charge in [0.05, 0.1) is 5.56 Å². The quantitative estimate of drug-likeness (QED) is 0.293. The summed E-state index contributed by atoms with van der Waals surface area (Å²) in [4.78, 5) is 12.5. The Morgan fingerprint density at radius 2 is 1.35 bits per heavy atom. The molecular formula is C15H10O8. The first-order chi connectivity index (χ1) is 10.8. The van der Waals surface area contributed by atoms with E-state index in [1.165, 1.54) is 0 Å². The summed E-state index contributed by atoms with van der Waals surface area (Å²) in [6.45, 7) is 0. The Morgan fingerprint density at radius 3 is 2.04 bits per heavy atom. The summed E-state index contributed by atoms with van der Waals surface area (Å²) in [7, 11) is 0. The predicted octanol–water partition coefficient (Wildman–Crippen LogP) is 1.69. The van der Waals surface area contributed by atoms with Crippen molar-refractivity contribution in [3.63, 3.8) is 0 Å². The highest BCUT2D eigenvalue weighted by Gasteiger charge is 2.20. The van der Waals surface area contributed by atoms with Crippen molar-refractivity contribution < 1.29 is 35.1 Å². The normalized spacial score (nSPS) is 11.0. The second-order valence-corrected chi connectivity index (χ2v) is 4.80. The van der Waals surface area contributed by atoms with E-state index in [2.05, 4.69) is 0 Å². The molecule has 0 saturated carbocycles. The van der Waals surface area contributed by atoms with E-state index < -0.39 is 45.3 Å². The van der Waals surface area contributed by atoms with Gasteiger partial charge in [-0.1, -0.05) is 0 Å². The second kappa shape index (κ2) is 4.73. The van der Waals surface area contributed by atoms with Crippen LogP contribution in [0.5, 0.6) is 34.5 Å². The lowest BCUT2D eigenvalue weighted by atomic mass is 10.0. The van der Waals surface area contributed by atoms with Crippen LogP contribution in [-0.4, -0.2) is 30.6 Å². The Morgan fingerprint density at radius 1 is 0.696 bits per heavy atom. The number of fused-ring (bicyclic) bond motifs is 1. The van der Waals surface area contributed by atoms with Crippen LogP contribution in [0.1, 0.15) is 0 Å². The highest BCUT2D eigenvalue weighted by Crippen LogP contribution is 2.42. The van der Waals surface area contributed by atoms with E-state index in [-0.39, 0.29) is 16.7 Å². The second-order valence-electron chi connectivity index (χ2n) is 4.80. The standard InChI is InChI=1S/C15H10O8/c16-7-2-9(18)8(17)1-5(7)6-4-23-11-3-10(19)14(21)15(22)12(11)13(6)20/h1-4,16-19,21-22H. The van der Waals surface area contributed by atoms with Gasteiger partial charge in [-0.2, -0.15) is 0 Å². The van der Waals surface area contributed by atoms with E-state index >= 15 is 0 Å². The number of aromatic hydroxyl groups is 6. The maximum Gasteiger partial charge on any atom is 0.204 e. The number of rotatable bonds is 1. The van der Waals surface area contributed by atoms with Crippen molar-refractivity contribution >= 4 is 11.0 Å². The average Bonchev–Trinajstić information content (AvgIpc) is 2.49. The third-order valence-corrected chi connectivity index (χ3v) is 3.38. The fourth-order valence-corrected chi connectivity index (χ4v) is 2.21. The molecule has 0 aliphatic carbocycles. The zero-order valence-corrected chi connectivity index (χ0v) is 11.3. The summed E-state index contributed by atoms with van der Waals surface area (Å²) in [6, 6.07) is 2.73. The first-order valence-corrected chi connectivity index (χ1v) is 6.26. The van der Waals surface area contributed by atoms with Gasteiger partial charge in [-0.05, 0) is 6.07 Å². The minimum absolute atomic E-state index is 0.150. The maximum atomic E-state index is 12.5. The lowest BCUT2D eigenvalue weighted by molar-refractivity contribution is 0.370. The van der Waals surface area contributed by atoms with E-state index in [0.717, 1.165) is 24.5 Å². The number of phenolic OH excluding ortho intramolecular Hbond substituents is 6. The lowest BCUT2D eigenvalue weighted by Gasteiger charge is -2.09. The number of hydrogen-bond donors (Lipinski definition) is 6. The van der Waals surface area contributed by atoms with Gasteiger partial charge in [0.2, 0.25) is 11.2 Å². The van der Waals surface area contributed by atoms with Crippen molar-refractivity contribution in [3.8, 4) is 45.6 Å². The third-order valence-electron chi connectivity index (χ3n) is 3.38. The van der Waals surface area contributed by atoms with Crippen molar-refractivity contribution in [1.82, 2.24) is 0 Å². The van der Waals surface area contributed by atoms with E-state index in [0.29, 0.717) is 0 Å². The molecule has 3 aromatic rings. The Labute approximate surface area is 127 Å². The molecule has 0 spiro atoms. The van der Waals surface area contributed by atoms with Crippen LogP contribution < -0.4 is 5.43 Å². The largest absolute Gasteiger partial charge is 0.507 e. The van der Waals surface area contributed by atoms with E-state index in [4.69, 9.17) is 4.42 Å². The molecule has 6 N–H and O–H groups in total.